The molecule has 9 nitrogen and oxygen atoms in total. The summed E-state index contributed by atoms with van der Waals surface area (Å²) >= 11 is 0. The Morgan fingerprint density at radius 2 is 1.73 bits per heavy atom. The molecule has 1 aromatic rings. The number of hydrogen-bond donors (Lipinski definition) is 1. The molecule has 184 valence electrons. The first-order valence-electron chi connectivity index (χ1n) is 12.7. The Bertz CT molecular complexity index is 936. The van der Waals surface area contributed by atoms with Crippen LogP contribution in [0.4, 0.5) is 0 Å². The Morgan fingerprint density at radius 1 is 1.09 bits per heavy atom. The largest absolute Gasteiger partial charge is 0.360 e. The van der Waals surface area contributed by atoms with Crippen LogP contribution in [-0.2, 0) is 10.2 Å². The van der Waals surface area contributed by atoms with E-state index in [1.807, 2.05) is 0 Å². The summed E-state index contributed by atoms with van der Waals surface area (Å²) in [6.07, 6.45) is 7.02. The van der Waals surface area contributed by atoms with Crippen molar-refractivity contribution in [3.63, 3.8) is 0 Å². The van der Waals surface area contributed by atoms with Gasteiger partial charge in [-0.2, -0.15) is 17.0 Å². The monoisotopic (exact) mass is 479 g/mol. The summed E-state index contributed by atoms with van der Waals surface area (Å²) in [7, 11) is -3.48. The summed E-state index contributed by atoms with van der Waals surface area (Å²) in [5, 5.41) is 7.03. The van der Waals surface area contributed by atoms with Gasteiger partial charge in [-0.25, -0.2) is 0 Å². The first-order valence-corrected chi connectivity index (χ1v) is 14.1. The quantitative estimate of drug-likeness (QED) is 0.614. The standard InChI is InChI=1S/C23H37N5O4S/c1-3-26(4-2)18-9-11-27(12-10-18)33(30,31)28-19-7-8-20(28)14-17(13-19)24-23(29)21-15-22(32-25-21)16-5-6-16/h15-20H,3-14H2,1-2H3,(H,24,29)/t17-,19+,20-. The highest BCUT2D eigenvalue weighted by Gasteiger charge is 2.49. The second-order valence-electron chi connectivity index (χ2n) is 10.1. The van der Waals surface area contributed by atoms with Gasteiger partial charge in [0.2, 0.25) is 0 Å². The number of carbonyl (C=O) groups is 1. The maximum absolute atomic E-state index is 13.6. The van der Waals surface area contributed by atoms with Crippen LogP contribution >= 0.6 is 0 Å². The van der Waals surface area contributed by atoms with E-state index in [0.717, 1.165) is 57.4 Å². The van der Waals surface area contributed by atoms with Crippen molar-refractivity contribution in [3.8, 4) is 0 Å². The van der Waals surface area contributed by atoms with Crippen LogP contribution < -0.4 is 5.32 Å². The van der Waals surface area contributed by atoms with Crippen molar-refractivity contribution in [3.05, 3.63) is 17.5 Å². The molecule has 1 aliphatic carbocycles. The van der Waals surface area contributed by atoms with E-state index < -0.39 is 10.2 Å². The van der Waals surface area contributed by atoms with Gasteiger partial charge >= 0.3 is 0 Å². The number of nitrogens with zero attached hydrogens (tertiary/aromatic N) is 4. The van der Waals surface area contributed by atoms with Crippen molar-refractivity contribution in [2.75, 3.05) is 26.2 Å². The van der Waals surface area contributed by atoms with Crippen molar-refractivity contribution in [1.29, 1.82) is 0 Å². The molecular formula is C23H37N5O4S. The number of rotatable bonds is 8. The molecule has 4 aliphatic rings. The lowest BCUT2D eigenvalue weighted by molar-refractivity contribution is 0.0896. The second kappa shape index (κ2) is 9.28. The molecule has 4 heterocycles. The maximum atomic E-state index is 13.6. The molecule has 1 amide bonds. The molecule has 2 bridgehead atoms. The number of piperidine rings is 2. The van der Waals surface area contributed by atoms with Crippen LogP contribution in [0.15, 0.2) is 10.6 Å². The van der Waals surface area contributed by atoms with Crippen molar-refractivity contribution >= 4 is 16.1 Å². The molecule has 1 N–H and O–H groups in total. The minimum Gasteiger partial charge on any atom is -0.360 e. The maximum Gasteiger partial charge on any atom is 0.282 e. The molecule has 0 radical (unpaired) electrons. The summed E-state index contributed by atoms with van der Waals surface area (Å²) in [6.45, 7) is 7.54. The first-order chi connectivity index (χ1) is 15.9. The number of aromatic nitrogens is 1. The average Bonchev–Trinajstić information content (AvgIpc) is 3.46. The van der Waals surface area contributed by atoms with E-state index in [4.69, 9.17) is 4.52 Å². The third-order valence-corrected chi connectivity index (χ3v) is 10.2. The Hall–Kier alpha value is -1.49. The molecule has 3 saturated heterocycles. The van der Waals surface area contributed by atoms with Gasteiger partial charge in [0.25, 0.3) is 16.1 Å². The lowest BCUT2D eigenvalue weighted by Crippen LogP contribution is -2.57. The van der Waals surface area contributed by atoms with Crippen LogP contribution in [0.1, 0.15) is 87.4 Å². The molecule has 4 fully saturated rings. The highest BCUT2D eigenvalue weighted by molar-refractivity contribution is 7.86. The zero-order valence-corrected chi connectivity index (χ0v) is 20.6. The molecule has 3 aliphatic heterocycles. The summed E-state index contributed by atoms with van der Waals surface area (Å²) in [5.74, 6) is 0.996. The first kappa shape index (κ1) is 23.3. The SMILES string of the molecule is CCN(CC)C1CCN(S(=O)(=O)N2[C@@H]3CC[C@H]2C[C@@H](NC(=O)c2cc(C4CC4)on2)C3)CC1. The fraction of sp³-hybridized carbons (Fsp3) is 0.826. The van der Waals surface area contributed by atoms with E-state index in [1.165, 1.54) is 0 Å². The van der Waals surface area contributed by atoms with Crippen LogP contribution in [0.3, 0.4) is 0 Å². The second-order valence-corrected chi connectivity index (χ2v) is 11.9. The summed E-state index contributed by atoms with van der Waals surface area (Å²) in [6, 6.07) is 2.11. The highest BCUT2D eigenvalue weighted by Crippen LogP contribution is 2.41. The molecule has 10 heteroatoms. The zero-order valence-electron chi connectivity index (χ0n) is 19.8. The molecule has 1 saturated carbocycles. The van der Waals surface area contributed by atoms with Crippen molar-refractivity contribution in [2.45, 2.75) is 95.3 Å². The van der Waals surface area contributed by atoms with E-state index in [2.05, 4.69) is 29.2 Å². The van der Waals surface area contributed by atoms with Crippen molar-refractivity contribution < 1.29 is 17.7 Å². The Labute approximate surface area is 197 Å². The Balaban J connectivity index is 1.19. The fourth-order valence-electron chi connectivity index (χ4n) is 6.16. The predicted molar refractivity (Wildman–Crippen MR) is 124 cm³/mol. The van der Waals surface area contributed by atoms with Crippen molar-refractivity contribution in [1.82, 2.24) is 24.0 Å². The summed E-state index contributed by atoms with van der Waals surface area (Å²) < 4.78 is 35.9. The summed E-state index contributed by atoms with van der Waals surface area (Å²) in [4.78, 5) is 15.1. The van der Waals surface area contributed by atoms with E-state index in [-0.39, 0.29) is 24.0 Å². The van der Waals surface area contributed by atoms with E-state index in [9.17, 15) is 13.2 Å². The number of amides is 1. The third kappa shape index (κ3) is 4.59. The zero-order chi connectivity index (χ0) is 23.2. The normalized spacial score (nSPS) is 29.6. The van der Waals surface area contributed by atoms with Crippen molar-refractivity contribution in [2.24, 2.45) is 0 Å². The lowest BCUT2D eigenvalue weighted by atomic mass is 9.99. The smallest absolute Gasteiger partial charge is 0.282 e. The van der Waals surface area contributed by atoms with E-state index in [0.29, 0.717) is 43.6 Å². The van der Waals surface area contributed by atoms with Gasteiger partial charge in [0.1, 0.15) is 5.76 Å². The van der Waals surface area contributed by atoms with Gasteiger partial charge in [-0.15, -0.1) is 0 Å². The van der Waals surface area contributed by atoms with Gasteiger partial charge in [-0.05, 0) is 64.5 Å². The predicted octanol–water partition coefficient (Wildman–Crippen LogP) is 2.33. The third-order valence-electron chi connectivity index (χ3n) is 8.09. The van der Waals surface area contributed by atoms with Crippen LogP contribution in [0, 0.1) is 0 Å². The topological polar surface area (TPSA) is 99.0 Å². The van der Waals surface area contributed by atoms with Gasteiger partial charge in [-0.3, -0.25) is 4.79 Å². The van der Waals surface area contributed by atoms with Crippen LogP contribution in [-0.4, -0.2) is 83.3 Å². The minimum atomic E-state index is -3.48. The van der Waals surface area contributed by atoms with Crippen LogP contribution in [0.25, 0.3) is 0 Å². The number of carbonyl (C=O) groups excluding carboxylic acids is 1. The average molecular weight is 480 g/mol. The van der Waals surface area contributed by atoms with Crippen LogP contribution in [0.2, 0.25) is 0 Å². The number of hydrogen-bond acceptors (Lipinski definition) is 6. The molecule has 0 unspecified atom stereocenters. The fourth-order valence-corrected chi connectivity index (χ4v) is 8.23. The molecule has 0 aromatic carbocycles. The molecule has 33 heavy (non-hydrogen) atoms. The molecular weight excluding hydrogens is 442 g/mol. The lowest BCUT2D eigenvalue weighted by Gasteiger charge is -2.43. The molecule has 1 aromatic heterocycles. The van der Waals surface area contributed by atoms with Crippen LogP contribution in [0.5, 0.6) is 0 Å². The van der Waals surface area contributed by atoms with Gasteiger partial charge in [0, 0.05) is 49.2 Å². The van der Waals surface area contributed by atoms with Gasteiger partial charge < -0.3 is 14.7 Å². The highest BCUT2D eigenvalue weighted by atomic mass is 32.2. The van der Waals surface area contributed by atoms with E-state index in [1.54, 1.807) is 14.7 Å². The number of fused-ring (bicyclic) bond motifs is 2. The molecule has 5 rings (SSSR count). The number of nitrogens with one attached hydrogen (secondary N) is 1. The van der Waals surface area contributed by atoms with Gasteiger partial charge in [0.15, 0.2) is 5.69 Å². The van der Waals surface area contributed by atoms with Gasteiger partial charge in [0.05, 0.1) is 0 Å². The Morgan fingerprint density at radius 3 is 2.30 bits per heavy atom. The Kier molecular flexibility index (Phi) is 6.54. The molecule has 0 spiro atoms. The van der Waals surface area contributed by atoms with E-state index >= 15 is 0 Å². The minimum absolute atomic E-state index is 0.0315. The van der Waals surface area contributed by atoms with Gasteiger partial charge in [-0.1, -0.05) is 19.0 Å². The molecule has 3 atom stereocenters. The summed E-state index contributed by atoms with van der Waals surface area (Å²) in [5.41, 5.74) is 0.329.